The van der Waals surface area contributed by atoms with E-state index in [2.05, 4.69) is 11.4 Å². The molecular formula is C22H23N3O5S. The summed E-state index contributed by atoms with van der Waals surface area (Å²) in [7, 11) is 3.10. The van der Waals surface area contributed by atoms with Crippen molar-refractivity contribution in [3.63, 3.8) is 0 Å². The number of hydrogen-bond donors (Lipinski definition) is 1. The number of methoxy groups -OCH3 is 2. The molecule has 2 amide bonds. The molecular weight excluding hydrogens is 418 g/mol. The minimum Gasteiger partial charge on any atom is -0.493 e. The van der Waals surface area contributed by atoms with Crippen LogP contribution in [-0.2, 0) is 22.5 Å². The fraction of sp³-hybridized carbons (Fsp3) is 0.318. The van der Waals surface area contributed by atoms with E-state index in [4.69, 9.17) is 14.2 Å². The quantitative estimate of drug-likeness (QED) is 0.684. The Morgan fingerprint density at radius 1 is 1.29 bits per heavy atom. The van der Waals surface area contributed by atoms with Crippen molar-refractivity contribution in [3.05, 3.63) is 45.8 Å². The van der Waals surface area contributed by atoms with E-state index >= 15 is 0 Å². The van der Waals surface area contributed by atoms with Crippen molar-refractivity contribution < 1.29 is 23.8 Å². The second kappa shape index (κ2) is 10.00. The molecule has 0 saturated heterocycles. The van der Waals surface area contributed by atoms with Gasteiger partial charge in [0.25, 0.3) is 0 Å². The number of ether oxygens (including phenoxy) is 3. The van der Waals surface area contributed by atoms with Crippen LogP contribution < -0.4 is 14.8 Å². The van der Waals surface area contributed by atoms with Crippen LogP contribution in [0.25, 0.3) is 6.08 Å². The van der Waals surface area contributed by atoms with E-state index in [1.165, 1.54) is 17.4 Å². The number of nitrogens with one attached hydrogen (secondary N) is 1. The fourth-order valence-electron chi connectivity index (χ4n) is 3.26. The van der Waals surface area contributed by atoms with Crippen molar-refractivity contribution in [1.29, 1.82) is 5.26 Å². The van der Waals surface area contributed by atoms with Gasteiger partial charge in [0, 0.05) is 17.5 Å². The van der Waals surface area contributed by atoms with Crippen LogP contribution in [0.4, 0.5) is 9.80 Å². The molecule has 31 heavy (non-hydrogen) atoms. The number of amides is 2. The Morgan fingerprint density at radius 3 is 2.74 bits per heavy atom. The monoisotopic (exact) mass is 441 g/mol. The van der Waals surface area contributed by atoms with Gasteiger partial charge in [0.2, 0.25) is 5.91 Å². The summed E-state index contributed by atoms with van der Waals surface area (Å²) in [5, 5.41) is 12.9. The number of carbonyl (C=O) groups is 2. The van der Waals surface area contributed by atoms with Gasteiger partial charge in [-0.3, -0.25) is 4.79 Å². The van der Waals surface area contributed by atoms with E-state index in [1.54, 1.807) is 50.3 Å². The van der Waals surface area contributed by atoms with Gasteiger partial charge in [0.1, 0.15) is 11.1 Å². The molecule has 1 aliphatic rings. The van der Waals surface area contributed by atoms with Crippen LogP contribution in [0.5, 0.6) is 11.5 Å². The first-order chi connectivity index (χ1) is 15.0. The van der Waals surface area contributed by atoms with Crippen molar-refractivity contribution in [2.24, 2.45) is 0 Å². The summed E-state index contributed by atoms with van der Waals surface area (Å²) in [5.41, 5.74) is 2.10. The number of thiophene rings is 1. The number of nitriles is 1. The lowest BCUT2D eigenvalue weighted by atomic mass is 10.0. The Hall–Kier alpha value is -3.51. The van der Waals surface area contributed by atoms with E-state index in [0.29, 0.717) is 48.2 Å². The average molecular weight is 442 g/mol. The average Bonchev–Trinajstić information content (AvgIpc) is 3.13. The summed E-state index contributed by atoms with van der Waals surface area (Å²) in [6.45, 7) is 2.91. The maximum absolute atomic E-state index is 12.5. The first-order valence-corrected chi connectivity index (χ1v) is 10.5. The van der Waals surface area contributed by atoms with Crippen LogP contribution in [0, 0.1) is 11.3 Å². The molecule has 3 rings (SSSR count). The van der Waals surface area contributed by atoms with Gasteiger partial charge < -0.3 is 24.4 Å². The number of anilines is 1. The molecule has 0 bridgehead atoms. The van der Waals surface area contributed by atoms with Crippen LogP contribution in [-0.4, -0.2) is 44.3 Å². The van der Waals surface area contributed by atoms with Gasteiger partial charge in [-0.25, -0.2) is 4.79 Å². The molecule has 1 aromatic carbocycles. The van der Waals surface area contributed by atoms with Crippen LogP contribution in [0.3, 0.4) is 0 Å². The summed E-state index contributed by atoms with van der Waals surface area (Å²) in [4.78, 5) is 26.9. The second-order valence-electron chi connectivity index (χ2n) is 6.63. The molecule has 8 nitrogen and oxygen atoms in total. The molecule has 2 heterocycles. The summed E-state index contributed by atoms with van der Waals surface area (Å²) < 4.78 is 15.5. The zero-order valence-electron chi connectivity index (χ0n) is 17.6. The fourth-order valence-corrected chi connectivity index (χ4v) is 4.48. The second-order valence-corrected chi connectivity index (χ2v) is 7.73. The van der Waals surface area contributed by atoms with Crippen molar-refractivity contribution in [2.45, 2.75) is 19.9 Å². The van der Waals surface area contributed by atoms with Crippen LogP contribution in [0.1, 0.15) is 28.5 Å². The van der Waals surface area contributed by atoms with Crippen LogP contribution in [0.2, 0.25) is 0 Å². The highest BCUT2D eigenvalue weighted by Crippen LogP contribution is 2.37. The third-order valence-corrected chi connectivity index (χ3v) is 5.90. The highest BCUT2D eigenvalue weighted by molar-refractivity contribution is 7.16. The van der Waals surface area contributed by atoms with Crippen molar-refractivity contribution in [2.75, 3.05) is 32.7 Å². The summed E-state index contributed by atoms with van der Waals surface area (Å²) in [6, 6.07) is 7.51. The zero-order valence-corrected chi connectivity index (χ0v) is 18.4. The predicted octanol–water partition coefficient (Wildman–Crippen LogP) is 3.80. The number of carbonyl (C=O) groups excluding carboxylic acids is 2. The van der Waals surface area contributed by atoms with E-state index in [-0.39, 0.29) is 12.0 Å². The summed E-state index contributed by atoms with van der Waals surface area (Å²) >= 11 is 1.31. The number of nitrogens with zero attached hydrogens (tertiary/aromatic N) is 2. The minimum absolute atomic E-state index is 0.309. The normalized spacial score (nSPS) is 12.8. The maximum atomic E-state index is 12.5. The third-order valence-electron chi connectivity index (χ3n) is 4.77. The number of benzene rings is 1. The van der Waals surface area contributed by atoms with Crippen molar-refractivity contribution >= 4 is 34.4 Å². The van der Waals surface area contributed by atoms with Crippen LogP contribution >= 0.6 is 11.3 Å². The Kier molecular flexibility index (Phi) is 7.15. The van der Waals surface area contributed by atoms with E-state index in [0.717, 1.165) is 16.0 Å². The molecule has 1 N–H and O–H groups in total. The number of hydrogen-bond acceptors (Lipinski definition) is 7. The lowest BCUT2D eigenvalue weighted by Crippen LogP contribution is -2.35. The smallest absolute Gasteiger partial charge is 0.410 e. The topological polar surface area (TPSA) is 101 Å². The molecule has 2 aromatic rings. The van der Waals surface area contributed by atoms with Gasteiger partial charge in [-0.05, 0) is 42.7 Å². The van der Waals surface area contributed by atoms with Crippen LogP contribution in [0.15, 0.2) is 24.3 Å². The number of fused-ring (bicyclic) bond motifs is 1. The third kappa shape index (κ3) is 4.98. The Balaban J connectivity index is 1.73. The molecule has 0 unspecified atom stereocenters. The van der Waals surface area contributed by atoms with Gasteiger partial charge >= 0.3 is 6.09 Å². The minimum atomic E-state index is -0.372. The Morgan fingerprint density at radius 2 is 2.06 bits per heavy atom. The molecule has 162 valence electrons. The van der Waals surface area contributed by atoms with Gasteiger partial charge in [-0.1, -0.05) is 6.07 Å². The summed E-state index contributed by atoms with van der Waals surface area (Å²) in [6.07, 6.45) is 3.22. The van der Waals surface area contributed by atoms with Gasteiger partial charge in [-0.15, -0.1) is 11.3 Å². The first-order valence-electron chi connectivity index (χ1n) is 9.68. The van der Waals surface area contributed by atoms with Crippen molar-refractivity contribution in [1.82, 2.24) is 4.90 Å². The van der Waals surface area contributed by atoms with Gasteiger partial charge in [0.05, 0.1) is 32.9 Å². The Labute approximate surface area is 184 Å². The predicted molar refractivity (Wildman–Crippen MR) is 117 cm³/mol. The maximum Gasteiger partial charge on any atom is 0.410 e. The zero-order chi connectivity index (χ0) is 22.4. The van der Waals surface area contributed by atoms with E-state index in [9.17, 15) is 14.9 Å². The van der Waals surface area contributed by atoms with Gasteiger partial charge in [0.15, 0.2) is 11.5 Å². The molecule has 0 spiro atoms. The SMILES string of the molecule is CCOC(=O)N1CCc2c(sc(NC(=O)/C=C/c3ccc(OC)c(OC)c3)c2C#N)C1. The Bertz CT molecular complexity index is 1050. The van der Waals surface area contributed by atoms with Crippen molar-refractivity contribution in [3.8, 4) is 17.6 Å². The largest absolute Gasteiger partial charge is 0.493 e. The molecule has 0 fully saturated rings. The molecule has 0 aliphatic carbocycles. The molecule has 1 aliphatic heterocycles. The highest BCUT2D eigenvalue weighted by atomic mass is 32.1. The van der Waals surface area contributed by atoms with Gasteiger partial charge in [-0.2, -0.15) is 5.26 Å². The highest BCUT2D eigenvalue weighted by Gasteiger charge is 2.27. The lowest BCUT2D eigenvalue weighted by Gasteiger charge is -2.25. The molecule has 9 heteroatoms. The standard InChI is InChI=1S/C22H23N3O5S/c1-4-30-22(27)25-10-9-15-16(12-23)21(31-19(15)13-25)24-20(26)8-6-14-5-7-17(28-2)18(11-14)29-3/h5-8,11H,4,9-10,13H2,1-3H3,(H,24,26)/b8-6+. The molecule has 0 saturated carbocycles. The van der Waals surface area contributed by atoms with E-state index < -0.39 is 0 Å². The summed E-state index contributed by atoms with van der Waals surface area (Å²) in [5.74, 6) is 0.810. The molecule has 1 aromatic heterocycles. The van der Waals surface area contributed by atoms with E-state index in [1.807, 2.05) is 0 Å². The molecule has 0 atom stereocenters. The molecule has 0 radical (unpaired) electrons. The lowest BCUT2D eigenvalue weighted by molar-refractivity contribution is -0.111. The first kappa shape index (κ1) is 22.2. The number of rotatable bonds is 6.